The van der Waals surface area contributed by atoms with Gasteiger partial charge < -0.3 is 14.4 Å². The van der Waals surface area contributed by atoms with Gasteiger partial charge in [-0.2, -0.15) is 0 Å². The summed E-state index contributed by atoms with van der Waals surface area (Å²) in [7, 11) is -3.78. The van der Waals surface area contributed by atoms with Crippen LogP contribution in [0.2, 0.25) is 0 Å². The minimum absolute atomic E-state index is 0.235. The summed E-state index contributed by atoms with van der Waals surface area (Å²) in [6.45, 7) is 5.64. The molecule has 3 aliphatic heterocycles. The number of carbonyl (C=O) groups excluding carboxylic acids is 1. The van der Waals surface area contributed by atoms with Crippen LogP contribution in [-0.2, 0) is 33.2 Å². The van der Waals surface area contributed by atoms with E-state index in [1.54, 1.807) is 27.4 Å². The third-order valence-corrected chi connectivity index (χ3v) is 9.75. The minimum Gasteiger partial charge on any atom is -0.487 e. The van der Waals surface area contributed by atoms with E-state index in [1.165, 1.54) is 0 Å². The summed E-state index contributed by atoms with van der Waals surface area (Å²) in [5.74, 6) is 0.749. The van der Waals surface area contributed by atoms with Gasteiger partial charge in [-0.05, 0) is 67.6 Å². The molecule has 0 N–H and O–H groups in total. The zero-order valence-electron chi connectivity index (χ0n) is 21.7. The number of nitrogens with zero attached hydrogens (tertiary/aromatic N) is 2. The SMILES string of the molecule is CC1(C)Cc2cc(S(=O)(=O)N3CC4(CCN(C(=O)OCc5ccccc5)CC4)c4ccccc43)ccc2O1. The maximum Gasteiger partial charge on any atom is 0.410 e. The Balaban J connectivity index is 1.21. The molecule has 3 aromatic carbocycles. The Labute approximate surface area is 224 Å². The lowest BCUT2D eigenvalue weighted by atomic mass is 9.74. The summed E-state index contributed by atoms with van der Waals surface area (Å²) >= 11 is 0. The third-order valence-electron chi connectivity index (χ3n) is 8.00. The maximum atomic E-state index is 14.0. The fraction of sp³-hybridized carbons (Fsp3) is 0.367. The number of anilines is 1. The summed E-state index contributed by atoms with van der Waals surface area (Å²) < 4.78 is 41.0. The molecule has 3 heterocycles. The fourth-order valence-electron chi connectivity index (χ4n) is 6.03. The molecule has 0 radical (unpaired) electrons. The Morgan fingerprint density at radius 3 is 2.45 bits per heavy atom. The van der Waals surface area contributed by atoms with Gasteiger partial charge in [0.15, 0.2) is 0 Å². The van der Waals surface area contributed by atoms with Crippen molar-refractivity contribution in [2.75, 3.05) is 23.9 Å². The number of amides is 1. The van der Waals surface area contributed by atoms with Gasteiger partial charge in [0, 0.05) is 31.5 Å². The Hall–Kier alpha value is -3.52. The molecule has 0 bridgehead atoms. The molecule has 0 unspecified atom stereocenters. The molecule has 0 aliphatic carbocycles. The van der Waals surface area contributed by atoms with Crippen LogP contribution in [0.1, 0.15) is 43.4 Å². The van der Waals surface area contributed by atoms with Gasteiger partial charge in [-0.25, -0.2) is 13.2 Å². The van der Waals surface area contributed by atoms with Crippen LogP contribution in [0.15, 0.2) is 77.7 Å². The smallest absolute Gasteiger partial charge is 0.410 e. The van der Waals surface area contributed by atoms with Crippen molar-refractivity contribution in [1.82, 2.24) is 4.90 Å². The summed E-state index contributed by atoms with van der Waals surface area (Å²) in [5, 5.41) is 0. The summed E-state index contributed by atoms with van der Waals surface area (Å²) in [6, 6.07) is 22.6. The third kappa shape index (κ3) is 4.30. The summed E-state index contributed by atoms with van der Waals surface area (Å²) in [6.07, 6.45) is 1.68. The van der Waals surface area contributed by atoms with Crippen molar-refractivity contribution in [1.29, 1.82) is 0 Å². The van der Waals surface area contributed by atoms with Crippen LogP contribution >= 0.6 is 0 Å². The van der Waals surface area contributed by atoms with E-state index in [2.05, 4.69) is 0 Å². The number of hydrogen-bond acceptors (Lipinski definition) is 5. The highest BCUT2D eigenvalue weighted by atomic mass is 32.2. The molecule has 0 aromatic heterocycles. The molecule has 1 saturated heterocycles. The van der Waals surface area contributed by atoms with Gasteiger partial charge in [-0.1, -0.05) is 48.5 Å². The number of sulfonamides is 1. The second-order valence-corrected chi connectivity index (χ2v) is 13.0. The first-order chi connectivity index (χ1) is 18.2. The zero-order chi connectivity index (χ0) is 26.5. The number of carbonyl (C=O) groups is 1. The number of hydrogen-bond donors (Lipinski definition) is 0. The van der Waals surface area contributed by atoms with Crippen LogP contribution in [-0.4, -0.2) is 44.6 Å². The topological polar surface area (TPSA) is 76.2 Å². The van der Waals surface area contributed by atoms with Gasteiger partial charge in [0.05, 0.1) is 10.6 Å². The number of benzene rings is 3. The first kappa shape index (κ1) is 24.8. The molecule has 1 spiro atoms. The average Bonchev–Trinajstić information content (AvgIpc) is 3.41. The second-order valence-electron chi connectivity index (χ2n) is 11.1. The fourth-order valence-corrected chi connectivity index (χ4v) is 7.65. The predicted molar refractivity (Wildman–Crippen MR) is 145 cm³/mol. The van der Waals surface area contributed by atoms with Crippen LogP contribution in [0.3, 0.4) is 0 Å². The van der Waals surface area contributed by atoms with E-state index < -0.39 is 10.0 Å². The molecular formula is C30H32N2O5S. The molecule has 0 atom stereocenters. The molecule has 7 nitrogen and oxygen atoms in total. The number of piperidine rings is 1. The van der Waals surface area contributed by atoms with E-state index in [9.17, 15) is 13.2 Å². The predicted octanol–water partition coefficient (Wildman–Crippen LogP) is 5.28. The first-order valence-electron chi connectivity index (χ1n) is 13.1. The zero-order valence-corrected chi connectivity index (χ0v) is 22.5. The Kier molecular flexibility index (Phi) is 5.90. The van der Waals surface area contributed by atoms with Gasteiger partial charge in [0.1, 0.15) is 18.0 Å². The van der Waals surface area contributed by atoms with Crippen LogP contribution in [0.4, 0.5) is 10.5 Å². The molecule has 3 aromatic rings. The van der Waals surface area contributed by atoms with Crippen LogP contribution in [0.5, 0.6) is 5.75 Å². The van der Waals surface area contributed by atoms with Crippen LogP contribution < -0.4 is 9.04 Å². The monoisotopic (exact) mass is 532 g/mol. The van der Waals surface area contributed by atoms with E-state index in [0.717, 1.165) is 28.1 Å². The van der Waals surface area contributed by atoms with Gasteiger partial charge in [0.2, 0.25) is 0 Å². The average molecular weight is 533 g/mol. The number of fused-ring (bicyclic) bond motifs is 3. The minimum atomic E-state index is -3.78. The van der Waals surface area contributed by atoms with Crippen molar-refractivity contribution in [3.63, 3.8) is 0 Å². The van der Waals surface area contributed by atoms with Gasteiger partial charge in [-0.15, -0.1) is 0 Å². The summed E-state index contributed by atoms with van der Waals surface area (Å²) in [5.41, 5.74) is 2.94. The van der Waals surface area contributed by atoms with Crippen molar-refractivity contribution in [3.05, 3.63) is 89.5 Å². The highest BCUT2D eigenvalue weighted by molar-refractivity contribution is 7.92. The molecule has 38 heavy (non-hydrogen) atoms. The molecular weight excluding hydrogens is 500 g/mol. The van der Waals surface area contributed by atoms with Crippen molar-refractivity contribution in [2.24, 2.45) is 0 Å². The number of para-hydroxylation sites is 1. The van der Waals surface area contributed by atoms with E-state index >= 15 is 0 Å². The van der Waals surface area contributed by atoms with E-state index in [0.29, 0.717) is 38.9 Å². The molecule has 3 aliphatic rings. The van der Waals surface area contributed by atoms with E-state index in [-0.39, 0.29) is 28.6 Å². The highest BCUT2D eigenvalue weighted by Crippen LogP contribution is 2.49. The van der Waals surface area contributed by atoms with Crippen molar-refractivity contribution in [2.45, 2.75) is 55.6 Å². The molecule has 1 fully saturated rings. The van der Waals surface area contributed by atoms with E-state index in [4.69, 9.17) is 9.47 Å². The Morgan fingerprint density at radius 1 is 0.974 bits per heavy atom. The standard InChI is InChI=1S/C30H32N2O5S/c1-29(2)19-23-18-24(12-13-27(23)37-29)38(34,35)32-21-30(25-10-6-7-11-26(25)32)14-16-31(17-15-30)28(33)36-20-22-8-4-3-5-9-22/h3-13,18H,14-17,19-21H2,1-2H3. The largest absolute Gasteiger partial charge is 0.487 e. The Bertz CT molecular complexity index is 1480. The van der Waals surface area contributed by atoms with Crippen LogP contribution in [0, 0.1) is 0 Å². The Morgan fingerprint density at radius 2 is 1.68 bits per heavy atom. The lowest BCUT2D eigenvalue weighted by molar-refractivity contribution is 0.0791. The molecule has 198 valence electrons. The number of likely N-dealkylation sites (tertiary alicyclic amines) is 1. The van der Waals surface area contributed by atoms with E-state index in [1.807, 2.05) is 68.4 Å². The van der Waals surface area contributed by atoms with Gasteiger partial charge in [-0.3, -0.25) is 4.31 Å². The molecule has 1 amide bonds. The molecule has 0 saturated carbocycles. The lowest BCUT2D eigenvalue weighted by Crippen LogP contribution is -2.47. The first-order valence-corrected chi connectivity index (χ1v) is 14.5. The highest BCUT2D eigenvalue weighted by Gasteiger charge is 2.49. The van der Waals surface area contributed by atoms with Crippen LogP contribution in [0.25, 0.3) is 0 Å². The lowest BCUT2D eigenvalue weighted by Gasteiger charge is -2.39. The van der Waals surface area contributed by atoms with Crippen molar-refractivity contribution in [3.8, 4) is 5.75 Å². The number of ether oxygens (including phenoxy) is 2. The van der Waals surface area contributed by atoms with Gasteiger partial charge >= 0.3 is 6.09 Å². The number of rotatable bonds is 4. The quantitative estimate of drug-likeness (QED) is 0.457. The van der Waals surface area contributed by atoms with Crippen molar-refractivity contribution < 1.29 is 22.7 Å². The maximum absolute atomic E-state index is 14.0. The normalized spacial score (nSPS) is 19.1. The second kappa shape index (κ2) is 9.05. The molecule has 8 heteroatoms. The molecule has 6 rings (SSSR count). The van der Waals surface area contributed by atoms with Crippen molar-refractivity contribution >= 4 is 21.8 Å². The summed E-state index contributed by atoms with van der Waals surface area (Å²) in [4.78, 5) is 14.8. The van der Waals surface area contributed by atoms with Gasteiger partial charge in [0.25, 0.3) is 10.0 Å².